The van der Waals surface area contributed by atoms with Gasteiger partial charge in [0, 0.05) is 37.8 Å². The van der Waals surface area contributed by atoms with Crippen molar-refractivity contribution >= 4 is 34.4 Å². The molecule has 7 heteroatoms. The number of nitrogens with zero attached hydrogens (tertiary/aromatic N) is 3. The van der Waals surface area contributed by atoms with Crippen LogP contribution in [-0.2, 0) is 0 Å². The number of para-hydroxylation sites is 2. The molecule has 3 N–H and O–H groups in total. The van der Waals surface area contributed by atoms with Crippen LogP contribution in [0.3, 0.4) is 0 Å². The topological polar surface area (TPSA) is 82.2 Å². The van der Waals surface area contributed by atoms with E-state index in [0.29, 0.717) is 30.4 Å². The molecule has 1 aliphatic carbocycles. The van der Waals surface area contributed by atoms with Crippen LogP contribution < -0.4 is 20.9 Å². The van der Waals surface area contributed by atoms with Crippen LogP contribution in [0.2, 0.25) is 0 Å². The van der Waals surface area contributed by atoms with Crippen LogP contribution in [0.15, 0.2) is 42.5 Å². The predicted molar refractivity (Wildman–Crippen MR) is 146 cm³/mol. The Morgan fingerprint density at radius 2 is 1.77 bits per heavy atom. The van der Waals surface area contributed by atoms with Gasteiger partial charge in [0.2, 0.25) is 5.95 Å². The second kappa shape index (κ2) is 10.9. The van der Waals surface area contributed by atoms with Gasteiger partial charge in [-0.15, -0.1) is 0 Å². The Kier molecular flexibility index (Phi) is 7.73. The average Bonchev–Trinajstić information content (AvgIpc) is 2.84. The van der Waals surface area contributed by atoms with Gasteiger partial charge in [0.25, 0.3) is 0 Å². The summed E-state index contributed by atoms with van der Waals surface area (Å²) in [4.78, 5) is 24.2. The Hall–Kier alpha value is -3.35. The number of nitrogens with one attached hydrogen (secondary N) is 3. The summed E-state index contributed by atoms with van der Waals surface area (Å²) in [6, 6.07) is 14.5. The molecule has 2 aromatic carbocycles. The highest BCUT2D eigenvalue weighted by Gasteiger charge is 2.23. The third kappa shape index (κ3) is 6.02. The van der Waals surface area contributed by atoms with Gasteiger partial charge in [-0.2, -0.15) is 4.98 Å². The van der Waals surface area contributed by atoms with E-state index in [1.807, 2.05) is 56.3 Å². The molecule has 3 aromatic rings. The zero-order chi connectivity index (χ0) is 24.9. The van der Waals surface area contributed by atoms with Gasteiger partial charge in [-0.1, -0.05) is 44.2 Å². The number of fused-ring (bicyclic) bond motifs is 1. The molecule has 35 heavy (non-hydrogen) atoms. The lowest BCUT2D eigenvalue weighted by Crippen LogP contribution is -2.36. The van der Waals surface area contributed by atoms with Crippen molar-refractivity contribution in [1.29, 1.82) is 0 Å². The Morgan fingerprint density at radius 1 is 1.03 bits per heavy atom. The molecule has 0 bridgehead atoms. The fraction of sp³-hybridized carbons (Fsp3) is 0.464. The van der Waals surface area contributed by atoms with Crippen molar-refractivity contribution in [3.8, 4) is 0 Å². The molecule has 1 heterocycles. The SMILES string of the molecule is Cc1cccc(C(C)C)c1NC(=O)NCC1CCC(Nc2nc(N(C)C)c3ccccc3n2)CC1. The molecular formula is C28H38N6O. The average molecular weight is 475 g/mol. The maximum absolute atomic E-state index is 12.6. The molecule has 0 atom stereocenters. The largest absolute Gasteiger partial charge is 0.362 e. The van der Waals surface area contributed by atoms with E-state index in [1.54, 1.807) is 0 Å². The maximum atomic E-state index is 12.6. The van der Waals surface area contributed by atoms with Crippen molar-refractivity contribution in [3.05, 3.63) is 53.6 Å². The van der Waals surface area contributed by atoms with Crippen molar-refractivity contribution < 1.29 is 4.79 Å². The molecular weight excluding hydrogens is 436 g/mol. The van der Waals surface area contributed by atoms with E-state index in [0.717, 1.165) is 53.7 Å². The Balaban J connectivity index is 1.29. The minimum atomic E-state index is -0.123. The summed E-state index contributed by atoms with van der Waals surface area (Å²) in [5.74, 6) is 2.45. The van der Waals surface area contributed by atoms with E-state index in [4.69, 9.17) is 9.97 Å². The van der Waals surface area contributed by atoms with Gasteiger partial charge in [0.05, 0.1) is 5.52 Å². The van der Waals surface area contributed by atoms with Gasteiger partial charge in [-0.05, 0) is 67.7 Å². The van der Waals surface area contributed by atoms with Crippen LogP contribution >= 0.6 is 0 Å². The van der Waals surface area contributed by atoms with Crippen molar-refractivity contribution in [3.63, 3.8) is 0 Å². The summed E-state index contributed by atoms with van der Waals surface area (Å²) >= 11 is 0. The highest BCUT2D eigenvalue weighted by molar-refractivity contribution is 5.91. The molecule has 0 radical (unpaired) electrons. The minimum Gasteiger partial charge on any atom is -0.362 e. The van der Waals surface area contributed by atoms with Crippen molar-refractivity contribution in [1.82, 2.24) is 15.3 Å². The van der Waals surface area contributed by atoms with E-state index < -0.39 is 0 Å². The highest BCUT2D eigenvalue weighted by Crippen LogP contribution is 2.29. The second-order valence-corrected chi connectivity index (χ2v) is 10.2. The lowest BCUT2D eigenvalue weighted by atomic mass is 9.86. The zero-order valence-electron chi connectivity index (χ0n) is 21.6. The van der Waals surface area contributed by atoms with Crippen molar-refractivity contribution in [2.24, 2.45) is 5.92 Å². The number of hydrogen-bond donors (Lipinski definition) is 3. The summed E-state index contributed by atoms with van der Waals surface area (Å²) in [7, 11) is 4.02. The number of aromatic nitrogens is 2. The number of rotatable bonds is 7. The van der Waals surface area contributed by atoms with Crippen LogP contribution in [0.1, 0.15) is 56.6 Å². The molecule has 0 saturated heterocycles. The number of carbonyl (C=O) groups excluding carboxylic acids is 1. The van der Waals surface area contributed by atoms with Gasteiger partial charge in [-0.3, -0.25) is 0 Å². The molecule has 4 rings (SSSR count). The van der Waals surface area contributed by atoms with Crippen LogP contribution in [0.25, 0.3) is 10.9 Å². The quantitative estimate of drug-likeness (QED) is 0.396. The first kappa shape index (κ1) is 24.8. The van der Waals surface area contributed by atoms with Crippen LogP contribution in [0.5, 0.6) is 0 Å². The molecule has 1 fully saturated rings. The molecule has 7 nitrogen and oxygen atoms in total. The van der Waals surface area contributed by atoms with Crippen molar-refractivity contribution in [2.45, 2.75) is 58.4 Å². The van der Waals surface area contributed by atoms with Gasteiger partial charge in [0.15, 0.2) is 0 Å². The molecule has 1 aromatic heterocycles. The first-order chi connectivity index (χ1) is 16.8. The van der Waals surface area contributed by atoms with Gasteiger partial charge in [-0.25, -0.2) is 9.78 Å². The predicted octanol–water partition coefficient (Wildman–Crippen LogP) is 5.92. The molecule has 1 saturated carbocycles. The van der Waals surface area contributed by atoms with E-state index in [2.05, 4.69) is 41.9 Å². The first-order valence-electron chi connectivity index (χ1n) is 12.7. The fourth-order valence-corrected chi connectivity index (χ4v) is 4.90. The standard InChI is InChI=1S/C28H38N6O/c1-18(2)22-11-8-9-19(3)25(22)32-28(35)29-17-20-13-15-21(16-14-20)30-27-31-24-12-7-6-10-23(24)26(33-27)34(4)5/h6-12,18,20-21H,13-17H2,1-5H3,(H2,29,32,35)(H,30,31,33). The number of aryl methyl sites for hydroxylation is 1. The van der Waals surface area contributed by atoms with Gasteiger partial charge < -0.3 is 20.9 Å². The highest BCUT2D eigenvalue weighted by atomic mass is 16.2. The smallest absolute Gasteiger partial charge is 0.319 e. The molecule has 0 aliphatic heterocycles. The monoisotopic (exact) mass is 474 g/mol. The number of amides is 2. The summed E-state index contributed by atoms with van der Waals surface area (Å²) in [5.41, 5.74) is 4.14. The van der Waals surface area contributed by atoms with E-state index in [1.165, 1.54) is 5.56 Å². The first-order valence-corrected chi connectivity index (χ1v) is 12.7. The summed E-state index contributed by atoms with van der Waals surface area (Å²) in [6.07, 6.45) is 4.20. The van der Waals surface area contributed by atoms with Gasteiger partial charge in [0.1, 0.15) is 5.82 Å². The molecule has 0 unspecified atom stereocenters. The second-order valence-electron chi connectivity index (χ2n) is 10.2. The van der Waals surface area contributed by atoms with E-state index in [9.17, 15) is 4.79 Å². The number of anilines is 3. The normalized spacial score (nSPS) is 17.9. The lowest BCUT2D eigenvalue weighted by molar-refractivity contribution is 0.246. The van der Waals surface area contributed by atoms with E-state index >= 15 is 0 Å². The molecule has 186 valence electrons. The summed E-state index contributed by atoms with van der Waals surface area (Å²) < 4.78 is 0. The molecule has 2 amide bonds. The van der Waals surface area contributed by atoms with Crippen molar-refractivity contribution in [2.75, 3.05) is 36.2 Å². The number of carbonyl (C=O) groups is 1. The number of benzene rings is 2. The van der Waals surface area contributed by atoms with E-state index in [-0.39, 0.29) is 6.03 Å². The Bertz CT molecular complexity index is 1170. The third-order valence-electron chi connectivity index (χ3n) is 6.90. The van der Waals surface area contributed by atoms with Crippen LogP contribution in [-0.4, -0.2) is 42.7 Å². The maximum Gasteiger partial charge on any atom is 0.319 e. The lowest BCUT2D eigenvalue weighted by Gasteiger charge is -2.29. The summed E-state index contributed by atoms with van der Waals surface area (Å²) in [6.45, 7) is 7.03. The fourth-order valence-electron chi connectivity index (χ4n) is 4.90. The Morgan fingerprint density at radius 3 is 2.49 bits per heavy atom. The molecule has 1 aliphatic rings. The van der Waals surface area contributed by atoms with Crippen LogP contribution in [0.4, 0.5) is 22.2 Å². The van der Waals surface area contributed by atoms with Crippen LogP contribution in [0, 0.1) is 12.8 Å². The minimum absolute atomic E-state index is 0.123. The zero-order valence-corrected chi connectivity index (χ0v) is 21.6. The Labute approximate surface area is 208 Å². The van der Waals surface area contributed by atoms with Gasteiger partial charge >= 0.3 is 6.03 Å². The third-order valence-corrected chi connectivity index (χ3v) is 6.90. The summed E-state index contributed by atoms with van der Waals surface area (Å²) in [5, 5.41) is 10.8. The molecule has 0 spiro atoms. The number of hydrogen-bond acceptors (Lipinski definition) is 5. The number of urea groups is 1.